The highest BCUT2D eigenvalue weighted by atomic mass is 32.2. The lowest BCUT2D eigenvalue weighted by molar-refractivity contribution is -0.128. The first-order chi connectivity index (χ1) is 9.90. The zero-order chi connectivity index (χ0) is 15.5. The van der Waals surface area contributed by atoms with Gasteiger partial charge in [0.05, 0.1) is 0 Å². The molecule has 0 spiro atoms. The van der Waals surface area contributed by atoms with Crippen LogP contribution in [0.4, 0.5) is 5.69 Å². The molecule has 116 valence electrons. The van der Waals surface area contributed by atoms with Crippen LogP contribution in [-0.2, 0) is 11.3 Å². The van der Waals surface area contributed by atoms with Crippen LogP contribution in [0.15, 0.2) is 24.3 Å². The molecular weight excluding hydrogens is 280 g/mol. The summed E-state index contributed by atoms with van der Waals surface area (Å²) in [6.07, 6.45) is 1.24. The standard InChI is InChI=1S/C17H26N2OS/c1-13(20)19(4)11-14-7-5-6-8-15(14)18-16-12-21-10-9-17(16,2)3/h5-8,16,18H,9-12H2,1-4H3. The van der Waals surface area contributed by atoms with Crippen LogP contribution in [0.25, 0.3) is 0 Å². The second kappa shape index (κ2) is 6.73. The first-order valence-electron chi connectivity index (χ1n) is 7.54. The maximum Gasteiger partial charge on any atom is 0.219 e. The van der Waals surface area contributed by atoms with Crippen molar-refractivity contribution in [3.05, 3.63) is 29.8 Å². The van der Waals surface area contributed by atoms with Crippen LogP contribution in [-0.4, -0.2) is 35.4 Å². The van der Waals surface area contributed by atoms with E-state index >= 15 is 0 Å². The Morgan fingerprint density at radius 3 is 2.81 bits per heavy atom. The van der Waals surface area contributed by atoms with Crippen molar-refractivity contribution in [2.24, 2.45) is 5.41 Å². The second-order valence-corrected chi connectivity index (χ2v) is 7.69. The summed E-state index contributed by atoms with van der Waals surface area (Å²) in [5.41, 5.74) is 2.65. The molecule has 0 saturated carbocycles. The van der Waals surface area contributed by atoms with Crippen LogP contribution in [0.2, 0.25) is 0 Å². The van der Waals surface area contributed by atoms with Gasteiger partial charge in [0.1, 0.15) is 0 Å². The van der Waals surface area contributed by atoms with E-state index in [0.717, 1.165) is 11.4 Å². The van der Waals surface area contributed by atoms with E-state index in [1.165, 1.54) is 17.7 Å². The fourth-order valence-corrected chi connectivity index (χ4v) is 4.13. The lowest BCUT2D eigenvalue weighted by Gasteiger charge is -2.39. The van der Waals surface area contributed by atoms with Gasteiger partial charge >= 0.3 is 0 Å². The minimum atomic E-state index is 0.0957. The number of amides is 1. The maximum absolute atomic E-state index is 11.5. The number of nitrogens with zero attached hydrogens (tertiary/aromatic N) is 1. The Balaban J connectivity index is 2.14. The molecule has 1 aliphatic heterocycles. The first kappa shape index (κ1) is 16.2. The van der Waals surface area contributed by atoms with Gasteiger partial charge < -0.3 is 10.2 Å². The van der Waals surface area contributed by atoms with Gasteiger partial charge in [-0.2, -0.15) is 11.8 Å². The molecule has 1 saturated heterocycles. The van der Waals surface area contributed by atoms with Crippen molar-refractivity contribution in [2.75, 3.05) is 23.9 Å². The summed E-state index contributed by atoms with van der Waals surface area (Å²) in [6, 6.07) is 8.79. The van der Waals surface area contributed by atoms with E-state index in [4.69, 9.17) is 0 Å². The highest BCUT2D eigenvalue weighted by Gasteiger charge is 2.32. The van der Waals surface area contributed by atoms with Crippen LogP contribution in [0.1, 0.15) is 32.8 Å². The van der Waals surface area contributed by atoms with Crippen LogP contribution in [0.5, 0.6) is 0 Å². The zero-order valence-corrected chi connectivity index (χ0v) is 14.3. The normalized spacial score (nSPS) is 20.9. The third-order valence-electron chi connectivity index (χ3n) is 4.41. The van der Waals surface area contributed by atoms with Crippen molar-refractivity contribution >= 4 is 23.4 Å². The van der Waals surface area contributed by atoms with Gasteiger partial charge in [-0.05, 0) is 29.2 Å². The van der Waals surface area contributed by atoms with E-state index in [1.54, 1.807) is 11.8 Å². The number of carbonyl (C=O) groups excluding carboxylic acids is 1. The average molecular weight is 306 g/mol. The van der Waals surface area contributed by atoms with Crippen molar-refractivity contribution in [1.29, 1.82) is 0 Å². The molecule has 0 radical (unpaired) electrons. The van der Waals surface area contributed by atoms with Crippen LogP contribution in [0, 0.1) is 5.41 Å². The van der Waals surface area contributed by atoms with Crippen molar-refractivity contribution in [2.45, 2.75) is 39.8 Å². The molecular formula is C17H26N2OS. The summed E-state index contributed by atoms with van der Waals surface area (Å²) in [7, 11) is 1.85. The summed E-state index contributed by atoms with van der Waals surface area (Å²) in [6.45, 7) is 6.94. The van der Waals surface area contributed by atoms with E-state index in [9.17, 15) is 4.79 Å². The molecule has 3 nitrogen and oxygen atoms in total. The highest BCUT2D eigenvalue weighted by Crippen LogP contribution is 2.36. The molecule has 1 heterocycles. The molecule has 0 aromatic heterocycles. The van der Waals surface area contributed by atoms with Crippen LogP contribution in [0.3, 0.4) is 0 Å². The Kier molecular flexibility index (Phi) is 5.20. The molecule has 1 aromatic carbocycles. The molecule has 1 N–H and O–H groups in total. The summed E-state index contributed by atoms with van der Waals surface area (Å²) in [5.74, 6) is 2.49. The number of benzene rings is 1. The number of carbonyl (C=O) groups is 1. The van der Waals surface area contributed by atoms with Crippen molar-refractivity contribution < 1.29 is 4.79 Å². The fraction of sp³-hybridized carbons (Fsp3) is 0.588. The Labute approximate surface area is 132 Å². The number of anilines is 1. The Morgan fingerprint density at radius 2 is 2.14 bits per heavy atom. The predicted octanol–water partition coefficient (Wildman–Crippen LogP) is 3.61. The van der Waals surface area contributed by atoms with Gasteiger partial charge in [-0.25, -0.2) is 0 Å². The largest absolute Gasteiger partial charge is 0.381 e. The molecule has 1 fully saturated rings. The Bertz CT molecular complexity index is 501. The zero-order valence-electron chi connectivity index (χ0n) is 13.5. The highest BCUT2D eigenvalue weighted by molar-refractivity contribution is 7.99. The van der Waals surface area contributed by atoms with E-state index in [2.05, 4.69) is 37.4 Å². The van der Waals surface area contributed by atoms with Gasteiger partial charge in [-0.15, -0.1) is 0 Å². The van der Waals surface area contributed by atoms with Gasteiger partial charge in [-0.1, -0.05) is 32.0 Å². The van der Waals surface area contributed by atoms with Crippen molar-refractivity contribution in [3.8, 4) is 0 Å². The van der Waals surface area contributed by atoms with Gasteiger partial charge in [0.15, 0.2) is 0 Å². The summed E-state index contributed by atoms with van der Waals surface area (Å²) in [4.78, 5) is 13.2. The third-order valence-corrected chi connectivity index (χ3v) is 5.47. The number of para-hydroxylation sites is 1. The molecule has 1 aliphatic rings. The summed E-state index contributed by atoms with van der Waals surface area (Å²) in [5, 5.41) is 3.73. The molecule has 1 amide bonds. The minimum absolute atomic E-state index is 0.0957. The molecule has 0 bridgehead atoms. The smallest absolute Gasteiger partial charge is 0.219 e. The number of thioether (sulfide) groups is 1. The number of nitrogens with one attached hydrogen (secondary N) is 1. The molecule has 1 atom stereocenters. The fourth-order valence-electron chi connectivity index (χ4n) is 2.53. The molecule has 21 heavy (non-hydrogen) atoms. The van der Waals surface area contributed by atoms with Crippen LogP contribution >= 0.6 is 11.8 Å². The molecule has 1 aromatic rings. The SMILES string of the molecule is CC(=O)N(C)Cc1ccccc1NC1CSCCC1(C)C. The van der Waals surface area contributed by atoms with E-state index in [1.807, 2.05) is 24.9 Å². The Hall–Kier alpha value is -1.16. The predicted molar refractivity (Wildman–Crippen MR) is 91.7 cm³/mol. The van der Waals surface area contributed by atoms with Crippen molar-refractivity contribution in [1.82, 2.24) is 4.90 Å². The Morgan fingerprint density at radius 1 is 1.43 bits per heavy atom. The first-order valence-corrected chi connectivity index (χ1v) is 8.69. The number of hydrogen-bond donors (Lipinski definition) is 1. The summed E-state index contributed by atoms with van der Waals surface area (Å²) >= 11 is 2.02. The van der Waals surface area contributed by atoms with E-state index < -0.39 is 0 Å². The van der Waals surface area contributed by atoms with Gasteiger partial charge in [-0.3, -0.25) is 4.79 Å². The van der Waals surface area contributed by atoms with E-state index in [0.29, 0.717) is 18.0 Å². The van der Waals surface area contributed by atoms with Gasteiger partial charge in [0, 0.05) is 38.0 Å². The van der Waals surface area contributed by atoms with Gasteiger partial charge in [0.25, 0.3) is 0 Å². The topological polar surface area (TPSA) is 32.3 Å². The summed E-state index contributed by atoms with van der Waals surface area (Å²) < 4.78 is 0. The number of hydrogen-bond acceptors (Lipinski definition) is 3. The lowest BCUT2D eigenvalue weighted by Crippen LogP contribution is -2.42. The van der Waals surface area contributed by atoms with Gasteiger partial charge in [0.2, 0.25) is 5.91 Å². The number of rotatable bonds is 4. The maximum atomic E-state index is 11.5. The molecule has 2 rings (SSSR count). The molecule has 0 aliphatic carbocycles. The second-order valence-electron chi connectivity index (χ2n) is 6.54. The minimum Gasteiger partial charge on any atom is -0.381 e. The van der Waals surface area contributed by atoms with Crippen LogP contribution < -0.4 is 5.32 Å². The molecule has 1 unspecified atom stereocenters. The quantitative estimate of drug-likeness (QED) is 0.922. The van der Waals surface area contributed by atoms with Crippen molar-refractivity contribution in [3.63, 3.8) is 0 Å². The third kappa shape index (κ3) is 4.16. The molecule has 4 heteroatoms. The monoisotopic (exact) mass is 306 g/mol. The average Bonchev–Trinajstić information content (AvgIpc) is 2.42. The lowest BCUT2D eigenvalue weighted by atomic mass is 9.82. The van der Waals surface area contributed by atoms with E-state index in [-0.39, 0.29) is 5.91 Å².